The topological polar surface area (TPSA) is 107 Å². The minimum atomic E-state index is -5.08. The first-order valence-corrected chi connectivity index (χ1v) is 10.2. The van der Waals surface area contributed by atoms with Gasteiger partial charge < -0.3 is 15.3 Å². The second kappa shape index (κ2) is 10.6. The molecule has 0 saturated carbocycles. The maximum Gasteiger partial charge on any atom is 0.490 e. The molecule has 1 saturated heterocycles. The number of piperazine rings is 1. The number of carboxylic acid groups (broad SMARTS) is 1. The van der Waals surface area contributed by atoms with Crippen LogP contribution in [0.1, 0.15) is 12.5 Å². The second-order valence-electron chi connectivity index (χ2n) is 6.13. The number of hydrogen-bond donors (Lipinski definition) is 2. The molecule has 8 nitrogen and oxygen atoms in total. The number of sulfonamides is 1. The summed E-state index contributed by atoms with van der Waals surface area (Å²) in [5, 5.41) is 10.3. The fourth-order valence-corrected chi connectivity index (χ4v) is 4.14. The third-order valence-electron chi connectivity index (χ3n) is 4.09. The number of aryl methyl sites for hydroxylation is 1. The molecule has 1 aromatic carbocycles. The van der Waals surface area contributed by atoms with Gasteiger partial charge in [0.25, 0.3) is 0 Å². The zero-order valence-corrected chi connectivity index (χ0v) is 16.9. The normalized spacial score (nSPS) is 14.9. The van der Waals surface area contributed by atoms with Crippen LogP contribution in [0.4, 0.5) is 13.2 Å². The summed E-state index contributed by atoms with van der Waals surface area (Å²) in [7, 11) is -3.65. The standard InChI is InChI=1S/C15H23N3O3S.C2HF3O2/c1-3-18(12-15(19)17-10-8-16-9-11-17)22(20,21)14-7-5-4-6-13(14)2;3-2(4,5)1(6)7/h4-7,16H,3,8-12H2,1-2H3;(H,6,7). The number of hydrogen-bond acceptors (Lipinski definition) is 5. The van der Waals surface area contributed by atoms with Crippen molar-refractivity contribution < 1.29 is 36.3 Å². The Morgan fingerprint density at radius 1 is 1.21 bits per heavy atom. The molecule has 0 radical (unpaired) electrons. The summed E-state index contributed by atoms with van der Waals surface area (Å²) in [6, 6.07) is 6.85. The SMILES string of the molecule is CCN(CC(=O)N1CCNCC1)S(=O)(=O)c1ccccc1C.O=C(O)C(F)(F)F. The van der Waals surface area contributed by atoms with Gasteiger partial charge in [-0.2, -0.15) is 17.5 Å². The first kappa shape index (κ1) is 24.9. The zero-order valence-electron chi connectivity index (χ0n) is 16.1. The number of benzene rings is 1. The van der Waals surface area contributed by atoms with E-state index in [1.54, 1.807) is 43.0 Å². The van der Waals surface area contributed by atoms with E-state index >= 15 is 0 Å². The molecule has 0 aromatic heterocycles. The molecule has 0 spiro atoms. The molecule has 0 atom stereocenters. The number of likely N-dealkylation sites (N-methyl/N-ethyl adjacent to an activating group) is 1. The van der Waals surface area contributed by atoms with Crippen molar-refractivity contribution in [2.45, 2.75) is 24.9 Å². The van der Waals surface area contributed by atoms with Crippen molar-refractivity contribution in [2.24, 2.45) is 0 Å². The maximum absolute atomic E-state index is 12.7. The van der Waals surface area contributed by atoms with Gasteiger partial charge in [-0.1, -0.05) is 25.1 Å². The lowest BCUT2D eigenvalue weighted by Crippen LogP contribution is -2.50. The Morgan fingerprint density at radius 2 is 1.72 bits per heavy atom. The molecular weight excluding hydrogens is 415 g/mol. The number of aliphatic carboxylic acids is 1. The van der Waals surface area contributed by atoms with Crippen LogP contribution >= 0.6 is 0 Å². The Morgan fingerprint density at radius 3 is 2.17 bits per heavy atom. The molecule has 0 aliphatic carbocycles. The van der Waals surface area contributed by atoms with Crippen molar-refractivity contribution in [3.63, 3.8) is 0 Å². The van der Waals surface area contributed by atoms with Crippen LogP contribution in [0.25, 0.3) is 0 Å². The summed E-state index contributed by atoms with van der Waals surface area (Å²) in [6.45, 7) is 6.44. The quantitative estimate of drug-likeness (QED) is 0.711. The van der Waals surface area contributed by atoms with Gasteiger partial charge in [-0.25, -0.2) is 13.2 Å². The molecule has 0 unspecified atom stereocenters. The number of carboxylic acids is 1. The third-order valence-corrected chi connectivity index (χ3v) is 6.17. The van der Waals surface area contributed by atoms with Crippen molar-refractivity contribution in [1.82, 2.24) is 14.5 Å². The molecule has 29 heavy (non-hydrogen) atoms. The zero-order chi connectivity index (χ0) is 22.2. The van der Waals surface area contributed by atoms with Crippen LogP contribution in [-0.4, -0.2) is 80.1 Å². The van der Waals surface area contributed by atoms with E-state index in [4.69, 9.17) is 9.90 Å². The van der Waals surface area contributed by atoms with Crippen molar-refractivity contribution in [3.05, 3.63) is 29.8 Å². The average molecular weight is 439 g/mol. The predicted octanol–water partition coefficient (Wildman–Crippen LogP) is 1.07. The van der Waals surface area contributed by atoms with Crippen molar-refractivity contribution in [3.8, 4) is 0 Å². The Balaban J connectivity index is 0.000000516. The molecule has 1 heterocycles. The third kappa shape index (κ3) is 7.29. The van der Waals surface area contributed by atoms with Crippen molar-refractivity contribution in [1.29, 1.82) is 0 Å². The molecule has 2 rings (SSSR count). The van der Waals surface area contributed by atoms with Gasteiger partial charge in [-0.05, 0) is 18.6 Å². The molecular formula is C17H24F3N3O5S. The van der Waals surface area contributed by atoms with Gasteiger partial charge in [0.15, 0.2) is 0 Å². The highest BCUT2D eigenvalue weighted by Gasteiger charge is 2.38. The number of carbonyl (C=O) groups excluding carboxylic acids is 1. The van der Waals surface area contributed by atoms with E-state index in [-0.39, 0.29) is 23.9 Å². The number of amides is 1. The Bertz CT molecular complexity index is 809. The summed E-state index contributed by atoms with van der Waals surface area (Å²) < 4.78 is 58.5. The van der Waals surface area contributed by atoms with E-state index in [1.165, 1.54) is 4.31 Å². The van der Waals surface area contributed by atoms with E-state index in [2.05, 4.69) is 5.32 Å². The molecule has 1 aromatic rings. The van der Waals surface area contributed by atoms with Gasteiger partial charge >= 0.3 is 12.1 Å². The largest absolute Gasteiger partial charge is 0.490 e. The van der Waals surface area contributed by atoms with Gasteiger partial charge in [-0.15, -0.1) is 0 Å². The number of alkyl halides is 3. The van der Waals surface area contributed by atoms with Crippen LogP contribution in [0.2, 0.25) is 0 Å². The van der Waals surface area contributed by atoms with Crippen LogP contribution in [0.5, 0.6) is 0 Å². The van der Waals surface area contributed by atoms with E-state index in [0.717, 1.165) is 13.1 Å². The first-order chi connectivity index (χ1) is 13.4. The summed E-state index contributed by atoms with van der Waals surface area (Å²) in [5.74, 6) is -2.90. The monoisotopic (exact) mass is 439 g/mol. The average Bonchev–Trinajstić information content (AvgIpc) is 2.66. The van der Waals surface area contributed by atoms with Gasteiger partial charge in [0, 0.05) is 32.7 Å². The summed E-state index contributed by atoms with van der Waals surface area (Å²) in [6.07, 6.45) is -5.08. The summed E-state index contributed by atoms with van der Waals surface area (Å²) >= 11 is 0. The molecule has 1 amide bonds. The lowest BCUT2D eigenvalue weighted by atomic mass is 10.2. The molecule has 1 fully saturated rings. The fourth-order valence-electron chi connectivity index (χ4n) is 2.52. The summed E-state index contributed by atoms with van der Waals surface area (Å²) in [5.41, 5.74) is 0.690. The number of nitrogens with one attached hydrogen (secondary N) is 1. The fraction of sp³-hybridized carbons (Fsp3) is 0.529. The van der Waals surface area contributed by atoms with Crippen LogP contribution in [0.3, 0.4) is 0 Å². The molecule has 1 aliphatic rings. The second-order valence-corrected chi connectivity index (χ2v) is 8.04. The Labute approximate surface area is 167 Å². The Hall–Kier alpha value is -2.18. The van der Waals surface area contributed by atoms with Crippen molar-refractivity contribution >= 4 is 21.9 Å². The number of rotatable bonds is 5. The van der Waals surface area contributed by atoms with Gasteiger partial charge in [-0.3, -0.25) is 4.79 Å². The smallest absolute Gasteiger partial charge is 0.475 e. The van der Waals surface area contributed by atoms with Crippen LogP contribution in [0, 0.1) is 6.92 Å². The lowest BCUT2D eigenvalue weighted by Gasteiger charge is -2.30. The van der Waals surface area contributed by atoms with Crippen molar-refractivity contribution in [2.75, 3.05) is 39.3 Å². The van der Waals surface area contributed by atoms with E-state index < -0.39 is 22.2 Å². The highest BCUT2D eigenvalue weighted by atomic mass is 32.2. The van der Waals surface area contributed by atoms with Gasteiger partial charge in [0.05, 0.1) is 11.4 Å². The van der Waals surface area contributed by atoms with Gasteiger partial charge in [0.1, 0.15) is 0 Å². The first-order valence-electron chi connectivity index (χ1n) is 8.75. The minimum Gasteiger partial charge on any atom is -0.475 e. The molecule has 164 valence electrons. The molecule has 2 N–H and O–H groups in total. The van der Waals surface area contributed by atoms with E-state index in [1.807, 2.05) is 0 Å². The molecule has 12 heteroatoms. The number of nitrogens with zero attached hydrogens (tertiary/aromatic N) is 2. The van der Waals surface area contributed by atoms with Crippen LogP contribution in [0.15, 0.2) is 29.2 Å². The Kier molecular flexibility index (Phi) is 9.05. The number of halogens is 3. The van der Waals surface area contributed by atoms with E-state index in [9.17, 15) is 26.4 Å². The maximum atomic E-state index is 12.7. The highest BCUT2D eigenvalue weighted by molar-refractivity contribution is 7.89. The molecule has 1 aliphatic heterocycles. The van der Waals surface area contributed by atoms with Crippen LogP contribution < -0.4 is 5.32 Å². The number of carbonyl (C=O) groups is 2. The summed E-state index contributed by atoms with van der Waals surface area (Å²) in [4.78, 5) is 23.2. The predicted molar refractivity (Wildman–Crippen MR) is 98.8 cm³/mol. The van der Waals surface area contributed by atoms with E-state index in [0.29, 0.717) is 18.7 Å². The highest BCUT2D eigenvalue weighted by Crippen LogP contribution is 2.19. The molecule has 0 bridgehead atoms. The minimum absolute atomic E-state index is 0.104. The van der Waals surface area contributed by atoms with Gasteiger partial charge in [0.2, 0.25) is 15.9 Å². The van der Waals surface area contributed by atoms with Crippen LogP contribution in [-0.2, 0) is 19.6 Å². The lowest BCUT2D eigenvalue weighted by molar-refractivity contribution is -0.192.